The summed E-state index contributed by atoms with van der Waals surface area (Å²) in [5, 5.41) is 2.82. The van der Waals surface area contributed by atoms with Gasteiger partial charge in [-0.3, -0.25) is 4.98 Å². The van der Waals surface area contributed by atoms with Crippen molar-refractivity contribution < 1.29 is 4.55 Å². The molecule has 1 fully saturated rings. The van der Waals surface area contributed by atoms with Crippen molar-refractivity contribution in [2.45, 2.75) is 51.8 Å². The second-order valence-corrected chi connectivity index (χ2v) is 11.6. The van der Waals surface area contributed by atoms with Gasteiger partial charge in [0.1, 0.15) is 5.25 Å². The van der Waals surface area contributed by atoms with Crippen molar-refractivity contribution in [3.05, 3.63) is 66.5 Å². The van der Waals surface area contributed by atoms with Crippen molar-refractivity contribution in [2.75, 3.05) is 6.54 Å². The third-order valence-electron chi connectivity index (χ3n) is 6.05. The summed E-state index contributed by atoms with van der Waals surface area (Å²) < 4.78 is 17.7. The van der Waals surface area contributed by atoms with Gasteiger partial charge in [-0.1, -0.05) is 51.1 Å². The van der Waals surface area contributed by atoms with Crippen LogP contribution >= 0.6 is 0 Å². The molecule has 1 aliphatic rings. The number of rotatable bonds is 7. The largest absolute Gasteiger partial charge is 0.598 e. The molecule has 2 aromatic carbocycles. The summed E-state index contributed by atoms with van der Waals surface area (Å²) in [5.74, 6) is 0. The fourth-order valence-electron chi connectivity index (χ4n) is 4.44. The van der Waals surface area contributed by atoms with E-state index in [-0.39, 0.29) is 5.41 Å². The zero-order valence-electron chi connectivity index (χ0n) is 19.1. The number of hydrogen-bond acceptors (Lipinski definition) is 3. The molecule has 1 N–H and O–H groups in total. The Kier molecular flexibility index (Phi) is 5.74. The van der Waals surface area contributed by atoms with Crippen molar-refractivity contribution in [2.24, 2.45) is 5.41 Å². The summed E-state index contributed by atoms with van der Waals surface area (Å²) in [7, 11) is 0. The van der Waals surface area contributed by atoms with Crippen molar-refractivity contribution in [1.82, 2.24) is 14.3 Å². The maximum Gasteiger partial charge on any atom is 0.135 e. The van der Waals surface area contributed by atoms with Gasteiger partial charge in [0.15, 0.2) is 0 Å². The Labute approximate surface area is 193 Å². The van der Waals surface area contributed by atoms with Crippen LogP contribution in [0.5, 0.6) is 0 Å². The van der Waals surface area contributed by atoms with E-state index in [1.165, 1.54) is 27.6 Å². The lowest BCUT2D eigenvalue weighted by Gasteiger charge is -2.17. The predicted octanol–water partition coefficient (Wildman–Crippen LogP) is 5.86. The van der Waals surface area contributed by atoms with Gasteiger partial charge in [0.2, 0.25) is 0 Å². The normalized spacial score (nSPS) is 15.5. The molecule has 0 amide bonds. The second kappa shape index (κ2) is 8.54. The minimum absolute atomic E-state index is 0.196. The van der Waals surface area contributed by atoms with Crippen LogP contribution in [0.15, 0.2) is 60.9 Å². The van der Waals surface area contributed by atoms with Crippen LogP contribution in [0, 0.1) is 5.41 Å². The molecule has 5 heteroatoms. The van der Waals surface area contributed by atoms with Crippen LogP contribution in [0.2, 0.25) is 0 Å². The molecule has 1 saturated carbocycles. The zero-order valence-corrected chi connectivity index (χ0v) is 19.9. The third kappa shape index (κ3) is 4.56. The number of nitrogens with one attached hydrogen (secondary N) is 1. The average molecular weight is 446 g/mol. The second-order valence-electron chi connectivity index (χ2n) is 10.1. The maximum absolute atomic E-state index is 12.1. The van der Waals surface area contributed by atoms with E-state index in [1.54, 1.807) is 0 Å². The van der Waals surface area contributed by atoms with Gasteiger partial charge < -0.3 is 9.12 Å². The molecular formula is C27H31N3OS. The first-order valence-corrected chi connectivity index (χ1v) is 12.7. The number of pyridine rings is 1. The van der Waals surface area contributed by atoms with Crippen LogP contribution in [0.25, 0.3) is 32.9 Å². The topological polar surface area (TPSA) is 52.9 Å². The molecule has 1 atom stereocenters. The highest BCUT2D eigenvalue weighted by atomic mass is 32.2. The quantitative estimate of drug-likeness (QED) is 0.363. The molecule has 0 saturated heterocycles. The van der Waals surface area contributed by atoms with Crippen LogP contribution in [-0.4, -0.2) is 25.9 Å². The van der Waals surface area contributed by atoms with Crippen LogP contribution in [0.4, 0.5) is 0 Å². The Morgan fingerprint density at radius 3 is 2.72 bits per heavy atom. The van der Waals surface area contributed by atoms with Gasteiger partial charge in [0, 0.05) is 65.0 Å². The van der Waals surface area contributed by atoms with Gasteiger partial charge >= 0.3 is 0 Å². The number of para-hydroxylation sites is 1. The molecule has 1 aliphatic carbocycles. The molecule has 0 spiro atoms. The van der Waals surface area contributed by atoms with Crippen molar-refractivity contribution in [3.8, 4) is 11.1 Å². The van der Waals surface area contributed by atoms with Crippen LogP contribution < -0.4 is 4.72 Å². The van der Waals surface area contributed by atoms with E-state index in [0.717, 1.165) is 43.3 Å². The Hall–Kier alpha value is -2.34. The molecule has 0 radical (unpaired) electrons. The Morgan fingerprint density at radius 1 is 1.12 bits per heavy atom. The first kappa shape index (κ1) is 21.5. The van der Waals surface area contributed by atoms with Gasteiger partial charge in [-0.15, -0.1) is 4.72 Å². The third-order valence-corrected chi connectivity index (χ3v) is 7.62. The fraction of sp³-hybridized carbons (Fsp3) is 0.370. The van der Waals surface area contributed by atoms with Gasteiger partial charge in [0.05, 0.1) is 12.1 Å². The molecule has 5 rings (SSSR count). The maximum atomic E-state index is 12.1. The molecule has 1 unspecified atom stereocenters. The zero-order chi connectivity index (χ0) is 22.3. The number of benzene rings is 2. The van der Waals surface area contributed by atoms with E-state index in [0.29, 0.717) is 5.25 Å². The summed E-state index contributed by atoms with van der Waals surface area (Å²) in [6.07, 6.45) is 7.35. The predicted molar refractivity (Wildman–Crippen MR) is 135 cm³/mol. The summed E-state index contributed by atoms with van der Waals surface area (Å²) in [6.45, 7) is 8.39. The van der Waals surface area contributed by atoms with E-state index in [2.05, 4.69) is 83.7 Å². The first-order valence-electron chi connectivity index (χ1n) is 11.5. The van der Waals surface area contributed by atoms with Crippen molar-refractivity contribution in [3.63, 3.8) is 0 Å². The molecule has 0 aliphatic heterocycles. The van der Waals surface area contributed by atoms with Gasteiger partial charge in [-0.25, -0.2) is 0 Å². The van der Waals surface area contributed by atoms with E-state index in [1.807, 2.05) is 12.3 Å². The van der Waals surface area contributed by atoms with Crippen LogP contribution in [-0.2, 0) is 24.3 Å². The summed E-state index contributed by atoms with van der Waals surface area (Å²) in [4.78, 5) is 4.66. The first-order chi connectivity index (χ1) is 15.4. The number of hydrogen-bond donors (Lipinski definition) is 1. The summed E-state index contributed by atoms with van der Waals surface area (Å²) in [6, 6.07) is 17.3. The van der Waals surface area contributed by atoms with Crippen LogP contribution in [0.1, 0.15) is 39.2 Å². The molecule has 2 heterocycles. The van der Waals surface area contributed by atoms with Crippen molar-refractivity contribution >= 4 is 33.2 Å². The molecule has 4 aromatic rings. The molecule has 0 bridgehead atoms. The minimum atomic E-state index is -0.889. The Balaban J connectivity index is 1.52. The standard InChI is InChI=1S/C27H31N3OS/c1-27(2,3)17-21-18-30(15-14-29-32(31)22-10-11-22)25-12-9-20(16-24(21)25)23-8-4-6-19-7-5-13-28-26(19)23/h4-9,12-13,16,18,22,29H,10-11,14-15,17H2,1-3H3. The molecule has 166 valence electrons. The lowest BCUT2D eigenvalue weighted by Crippen LogP contribution is -2.30. The number of nitrogens with zero attached hydrogens (tertiary/aromatic N) is 2. The highest BCUT2D eigenvalue weighted by Crippen LogP contribution is 2.34. The van der Waals surface area contributed by atoms with E-state index in [4.69, 9.17) is 0 Å². The van der Waals surface area contributed by atoms with Crippen LogP contribution in [0.3, 0.4) is 0 Å². The highest BCUT2D eigenvalue weighted by Gasteiger charge is 2.34. The Morgan fingerprint density at radius 2 is 1.94 bits per heavy atom. The van der Waals surface area contributed by atoms with E-state index < -0.39 is 11.4 Å². The monoisotopic (exact) mass is 445 g/mol. The van der Waals surface area contributed by atoms with Gasteiger partial charge in [-0.2, -0.15) is 0 Å². The van der Waals surface area contributed by atoms with Crippen molar-refractivity contribution in [1.29, 1.82) is 0 Å². The van der Waals surface area contributed by atoms with Gasteiger partial charge in [0.25, 0.3) is 0 Å². The Bertz CT molecular complexity index is 1250. The SMILES string of the molecule is CC(C)(C)Cc1cn(CCN[S+]([O-])C2CC2)c2ccc(-c3cccc4cccnc34)cc12. The smallest absolute Gasteiger partial charge is 0.135 e. The summed E-state index contributed by atoms with van der Waals surface area (Å²) >= 11 is -0.889. The number of aromatic nitrogens is 2. The molecule has 2 aromatic heterocycles. The highest BCUT2D eigenvalue weighted by molar-refractivity contribution is 7.90. The average Bonchev–Trinajstić information content (AvgIpc) is 3.57. The van der Waals surface area contributed by atoms with E-state index >= 15 is 0 Å². The molecule has 4 nitrogen and oxygen atoms in total. The van der Waals surface area contributed by atoms with E-state index in [9.17, 15) is 4.55 Å². The fourth-order valence-corrected chi connectivity index (χ4v) is 5.53. The number of fused-ring (bicyclic) bond motifs is 2. The lowest BCUT2D eigenvalue weighted by molar-refractivity contribution is 0.412. The van der Waals surface area contributed by atoms with Gasteiger partial charge in [-0.05, 0) is 41.2 Å². The molecule has 32 heavy (non-hydrogen) atoms. The lowest BCUT2D eigenvalue weighted by atomic mass is 9.87. The summed E-state index contributed by atoms with van der Waals surface area (Å²) in [5.41, 5.74) is 6.20. The molecular weight excluding hydrogens is 414 g/mol. The minimum Gasteiger partial charge on any atom is -0.598 e.